The van der Waals surface area contributed by atoms with Crippen molar-refractivity contribution in [2.24, 2.45) is 5.16 Å². The quantitative estimate of drug-likeness (QED) is 0.375. The van der Waals surface area contributed by atoms with Crippen LogP contribution in [0.25, 0.3) is 0 Å². The van der Waals surface area contributed by atoms with Gasteiger partial charge >= 0.3 is 0 Å². The van der Waals surface area contributed by atoms with Crippen molar-refractivity contribution in [2.75, 3.05) is 0 Å². The SMILES string of the molecule is O=C(CC(/C(Cl)=N\O)c1ccc(Cl)cc1)c1ccccc1. The summed E-state index contributed by atoms with van der Waals surface area (Å²) in [6, 6.07) is 15.9. The molecule has 108 valence electrons. The molecule has 2 aromatic carbocycles. The van der Waals surface area contributed by atoms with E-state index in [9.17, 15) is 4.79 Å². The summed E-state index contributed by atoms with van der Waals surface area (Å²) in [7, 11) is 0. The van der Waals surface area contributed by atoms with Crippen molar-refractivity contribution in [2.45, 2.75) is 12.3 Å². The number of hydrogen-bond donors (Lipinski definition) is 1. The molecule has 0 heterocycles. The van der Waals surface area contributed by atoms with Crippen molar-refractivity contribution in [3.8, 4) is 0 Å². The molecule has 2 rings (SSSR count). The van der Waals surface area contributed by atoms with Crippen LogP contribution in [0.3, 0.4) is 0 Å². The molecule has 0 aromatic heterocycles. The van der Waals surface area contributed by atoms with Gasteiger partial charge in [-0.1, -0.05) is 70.8 Å². The summed E-state index contributed by atoms with van der Waals surface area (Å²) in [6.07, 6.45) is 0.120. The molecule has 0 saturated carbocycles. The van der Waals surface area contributed by atoms with E-state index < -0.39 is 5.92 Å². The molecule has 0 spiro atoms. The Kier molecular flexibility index (Phi) is 5.37. The summed E-state index contributed by atoms with van der Waals surface area (Å²) >= 11 is 11.8. The maximum atomic E-state index is 12.3. The third-order valence-corrected chi connectivity index (χ3v) is 3.73. The molecule has 0 bridgehead atoms. The smallest absolute Gasteiger partial charge is 0.163 e. The molecule has 1 unspecified atom stereocenters. The van der Waals surface area contributed by atoms with Gasteiger partial charge in [0.1, 0.15) is 0 Å². The molecule has 1 atom stereocenters. The lowest BCUT2D eigenvalue weighted by Crippen LogP contribution is -2.13. The molecule has 2 aromatic rings. The predicted octanol–water partition coefficient (Wildman–Crippen LogP) is 4.72. The van der Waals surface area contributed by atoms with Gasteiger partial charge in [-0.3, -0.25) is 4.79 Å². The Bertz CT molecular complexity index is 639. The largest absolute Gasteiger partial charge is 0.410 e. The third-order valence-electron chi connectivity index (χ3n) is 3.14. The number of halogens is 2. The highest BCUT2D eigenvalue weighted by Crippen LogP contribution is 2.26. The highest BCUT2D eigenvalue weighted by molar-refractivity contribution is 6.66. The van der Waals surface area contributed by atoms with Crippen LogP contribution in [0.15, 0.2) is 59.8 Å². The minimum atomic E-state index is -0.498. The Morgan fingerprint density at radius 1 is 1.10 bits per heavy atom. The fourth-order valence-corrected chi connectivity index (χ4v) is 2.36. The van der Waals surface area contributed by atoms with E-state index >= 15 is 0 Å². The molecule has 3 nitrogen and oxygen atoms in total. The van der Waals surface area contributed by atoms with Gasteiger partial charge in [-0.15, -0.1) is 0 Å². The highest BCUT2D eigenvalue weighted by Gasteiger charge is 2.22. The van der Waals surface area contributed by atoms with E-state index in [1.54, 1.807) is 48.5 Å². The van der Waals surface area contributed by atoms with Crippen LogP contribution in [0.1, 0.15) is 28.3 Å². The minimum absolute atomic E-state index is 0.0263. The Balaban J connectivity index is 2.25. The van der Waals surface area contributed by atoms with E-state index in [0.29, 0.717) is 10.6 Å². The number of hydrogen-bond acceptors (Lipinski definition) is 3. The zero-order valence-corrected chi connectivity index (χ0v) is 12.6. The van der Waals surface area contributed by atoms with E-state index in [0.717, 1.165) is 5.56 Å². The third kappa shape index (κ3) is 4.06. The number of nitrogens with zero attached hydrogens (tertiary/aromatic N) is 1. The van der Waals surface area contributed by atoms with Gasteiger partial charge in [-0.2, -0.15) is 0 Å². The summed E-state index contributed by atoms with van der Waals surface area (Å²) in [6.45, 7) is 0. The summed E-state index contributed by atoms with van der Waals surface area (Å²) in [5.41, 5.74) is 1.37. The Morgan fingerprint density at radius 3 is 2.29 bits per heavy atom. The molecular formula is C16H13Cl2NO2. The summed E-state index contributed by atoms with van der Waals surface area (Å²) in [5, 5.41) is 12.5. The molecule has 0 fully saturated rings. The lowest BCUT2D eigenvalue weighted by atomic mass is 9.92. The maximum Gasteiger partial charge on any atom is 0.163 e. The number of Topliss-reactive ketones (excluding diaryl/α,β-unsaturated/α-hetero) is 1. The van der Waals surface area contributed by atoms with Crippen LogP contribution in [0.2, 0.25) is 5.02 Å². The van der Waals surface area contributed by atoms with Gasteiger partial charge in [0.25, 0.3) is 0 Å². The average Bonchev–Trinajstić information content (AvgIpc) is 2.53. The van der Waals surface area contributed by atoms with Crippen LogP contribution in [0.4, 0.5) is 0 Å². The normalized spacial score (nSPS) is 13.0. The number of oxime groups is 1. The molecule has 0 aliphatic heterocycles. The molecule has 0 amide bonds. The number of benzene rings is 2. The first-order chi connectivity index (χ1) is 10.1. The summed E-state index contributed by atoms with van der Waals surface area (Å²) in [5.74, 6) is -0.570. The Labute approximate surface area is 132 Å². The molecule has 0 aliphatic rings. The standard InChI is InChI=1S/C16H13Cl2NO2/c17-13-8-6-11(7-9-13)14(16(18)19-21)10-15(20)12-4-2-1-3-5-12/h1-9,14,21H,10H2/b19-16+. The van der Waals surface area contributed by atoms with Crippen LogP contribution in [-0.4, -0.2) is 16.2 Å². The summed E-state index contributed by atoms with van der Waals surface area (Å²) < 4.78 is 0. The van der Waals surface area contributed by atoms with Crippen molar-refractivity contribution in [1.29, 1.82) is 0 Å². The second-order valence-corrected chi connectivity index (χ2v) is 5.34. The first-order valence-electron chi connectivity index (χ1n) is 6.33. The van der Waals surface area contributed by atoms with Gasteiger partial charge in [0.05, 0.1) is 0 Å². The van der Waals surface area contributed by atoms with Crippen LogP contribution in [0.5, 0.6) is 0 Å². The van der Waals surface area contributed by atoms with Crippen LogP contribution in [-0.2, 0) is 0 Å². The van der Waals surface area contributed by atoms with Crippen LogP contribution in [0, 0.1) is 0 Å². The van der Waals surface area contributed by atoms with E-state index in [4.69, 9.17) is 28.4 Å². The van der Waals surface area contributed by atoms with E-state index in [1.807, 2.05) is 6.07 Å². The van der Waals surface area contributed by atoms with Crippen LogP contribution >= 0.6 is 23.2 Å². The molecule has 0 aliphatic carbocycles. The molecule has 1 N–H and O–H groups in total. The van der Waals surface area contributed by atoms with Gasteiger partial charge < -0.3 is 5.21 Å². The zero-order valence-electron chi connectivity index (χ0n) is 11.0. The maximum absolute atomic E-state index is 12.3. The van der Waals surface area contributed by atoms with E-state index in [1.165, 1.54) is 0 Å². The second-order valence-electron chi connectivity index (χ2n) is 4.52. The van der Waals surface area contributed by atoms with E-state index in [2.05, 4.69) is 5.16 Å². The first kappa shape index (κ1) is 15.5. The highest BCUT2D eigenvalue weighted by atomic mass is 35.5. The van der Waals surface area contributed by atoms with Crippen molar-refractivity contribution in [3.63, 3.8) is 0 Å². The Hall–Kier alpha value is -1.84. The number of ketones is 1. The van der Waals surface area contributed by atoms with Crippen LogP contribution < -0.4 is 0 Å². The van der Waals surface area contributed by atoms with Gasteiger partial charge in [0.2, 0.25) is 0 Å². The number of carbonyl (C=O) groups is 1. The van der Waals surface area contributed by atoms with Gasteiger partial charge in [-0.25, -0.2) is 0 Å². The lowest BCUT2D eigenvalue weighted by Gasteiger charge is -2.14. The van der Waals surface area contributed by atoms with Gasteiger partial charge in [0, 0.05) is 22.9 Å². The van der Waals surface area contributed by atoms with Gasteiger partial charge in [-0.05, 0) is 17.7 Å². The Morgan fingerprint density at radius 2 is 1.71 bits per heavy atom. The second kappa shape index (κ2) is 7.25. The van der Waals surface area contributed by atoms with Gasteiger partial charge in [0.15, 0.2) is 11.0 Å². The first-order valence-corrected chi connectivity index (χ1v) is 7.08. The molecule has 5 heteroatoms. The van der Waals surface area contributed by atoms with Crippen molar-refractivity contribution >= 4 is 34.2 Å². The molecule has 21 heavy (non-hydrogen) atoms. The summed E-state index contributed by atoms with van der Waals surface area (Å²) in [4.78, 5) is 12.3. The lowest BCUT2D eigenvalue weighted by molar-refractivity contribution is 0.0980. The number of rotatable bonds is 5. The fraction of sp³-hybridized carbons (Fsp3) is 0.125. The predicted molar refractivity (Wildman–Crippen MR) is 84.7 cm³/mol. The molecular weight excluding hydrogens is 309 g/mol. The number of carbonyl (C=O) groups excluding carboxylic acids is 1. The van der Waals surface area contributed by atoms with Crippen molar-refractivity contribution < 1.29 is 10.0 Å². The van der Waals surface area contributed by atoms with Crippen molar-refractivity contribution in [1.82, 2.24) is 0 Å². The molecule has 0 saturated heterocycles. The zero-order chi connectivity index (χ0) is 15.2. The monoisotopic (exact) mass is 321 g/mol. The van der Waals surface area contributed by atoms with Crippen molar-refractivity contribution in [3.05, 3.63) is 70.7 Å². The van der Waals surface area contributed by atoms with E-state index in [-0.39, 0.29) is 17.4 Å². The topological polar surface area (TPSA) is 49.7 Å². The average molecular weight is 322 g/mol. The fourth-order valence-electron chi connectivity index (χ4n) is 2.03. The minimum Gasteiger partial charge on any atom is -0.410 e. The molecule has 0 radical (unpaired) electrons.